The van der Waals surface area contributed by atoms with Crippen LogP contribution in [0.3, 0.4) is 0 Å². The maximum atomic E-state index is 11.5. The third-order valence-electron chi connectivity index (χ3n) is 3.22. The van der Waals surface area contributed by atoms with Gasteiger partial charge in [-0.15, -0.1) is 0 Å². The quantitative estimate of drug-likeness (QED) is 0.576. The van der Waals surface area contributed by atoms with Crippen LogP contribution in [-0.4, -0.2) is 12.4 Å². The van der Waals surface area contributed by atoms with Crippen LogP contribution in [0.1, 0.15) is 45.6 Å². The van der Waals surface area contributed by atoms with E-state index < -0.39 is 0 Å². The molecule has 0 unspecified atom stereocenters. The van der Waals surface area contributed by atoms with Gasteiger partial charge in [0, 0.05) is 12.3 Å². The van der Waals surface area contributed by atoms with Gasteiger partial charge in [0.25, 0.3) is 0 Å². The lowest BCUT2D eigenvalue weighted by molar-refractivity contribution is -0.122. The van der Waals surface area contributed by atoms with Crippen LogP contribution in [0, 0.1) is 5.92 Å². The molecule has 1 aromatic rings. The maximum Gasteiger partial charge on any atom is 0.142 e. The fraction of sp³-hybridized carbons (Fsp3) is 0.562. The predicted octanol–water partition coefficient (Wildman–Crippen LogP) is 3.61. The van der Waals surface area contributed by atoms with E-state index in [0.29, 0.717) is 18.8 Å². The molecule has 19 heavy (non-hydrogen) atoms. The molecule has 0 aliphatic carbocycles. The third-order valence-corrected chi connectivity index (χ3v) is 3.22. The van der Waals surface area contributed by atoms with E-state index in [4.69, 9.17) is 10.5 Å². The Labute approximate surface area is 116 Å². The molecule has 3 heteroatoms. The standard InChI is InChI=1S/C16H25NO2/c1-4-19-15-11-7-9-13(16(15)17)8-5-6-10-14(18)12(2)3/h7,9,11-12H,4-6,8,10,17H2,1-3H3. The van der Waals surface area contributed by atoms with Crippen molar-refractivity contribution < 1.29 is 9.53 Å². The van der Waals surface area contributed by atoms with Gasteiger partial charge in [0.1, 0.15) is 11.5 Å². The molecule has 0 aromatic heterocycles. The Morgan fingerprint density at radius 2 is 2.05 bits per heavy atom. The molecule has 0 saturated carbocycles. The van der Waals surface area contributed by atoms with E-state index in [0.717, 1.165) is 36.3 Å². The molecule has 0 spiro atoms. The predicted molar refractivity (Wildman–Crippen MR) is 79.4 cm³/mol. The highest BCUT2D eigenvalue weighted by Gasteiger charge is 2.08. The van der Waals surface area contributed by atoms with Gasteiger partial charge < -0.3 is 10.5 Å². The summed E-state index contributed by atoms with van der Waals surface area (Å²) >= 11 is 0. The van der Waals surface area contributed by atoms with Crippen LogP contribution >= 0.6 is 0 Å². The van der Waals surface area contributed by atoms with E-state index in [9.17, 15) is 4.79 Å². The Bertz CT molecular complexity index is 413. The van der Waals surface area contributed by atoms with E-state index in [-0.39, 0.29) is 5.92 Å². The van der Waals surface area contributed by atoms with Gasteiger partial charge in [0.05, 0.1) is 12.3 Å². The number of benzene rings is 1. The Balaban J connectivity index is 2.45. The summed E-state index contributed by atoms with van der Waals surface area (Å²) in [6.45, 7) is 6.47. The van der Waals surface area contributed by atoms with E-state index in [1.807, 2.05) is 39.0 Å². The van der Waals surface area contributed by atoms with E-state index in [1.165, 1.54) is 0 Å². The molecule has 0 radical (unpaired) electrons. The van der Waals surface area contributed by atoms with Crippen LogP contribution in [-0.2, 0) is 11.2 Å². The van der Waals surface area contributed by atoms with Gasteiger partial charge >= 0.3 is 0 Å². The zero-order valence-corrected chi connectivity index (χ0v) is 12.2. The second-order valence-electron chi connectivity index (χ2n) is 5.09. The summed E-state index contributed by atoms with van der Waals surface area (Å²) in [5.74, 6) is 1.25. The van der Waals surface area contributed by atoms with Crippen LogP contribution in [0.4, 0.5) is 5.69 Å². The number of carbonyl (C=O) groups excluding carboxylic acids is 1. The minimum Gasteiger partial charge on any atom is -0.492 e. The van der Waals surface area contributed by atoms with Gasteiger partial charge in [-0.2, -0.15) is 0 Å². The highest BCUT2D eigenvalue weighted by Crippen LogP contribution is 2.26. The summed E-state index contributed by atoms with van der Waals surface area (Å²) in [6.07, 6.45) is 3.48. The smallest absolute Gasteiger partial charge is 0.142 e. The number of anilines is 1. The van der Waals surface area contributed by atoms with Crippen LogP contribution in [0.15, 0.2) is 18.2 Å². The van der Waals surface area contributed by atoms with Crippen molar-refractivity contribution in [2.24, 2.45) is 5.92 Å². The van der Waals surface area contributed by atoms with Crippen molar-refractivity contribution in [1.29, 1.82) is 0 Å². The molecule has 106 valence electrons. The SMILES string of the molecule is CCOc1cccc(CCCCC(=O)C(C)C)c1N. The molecule has 3 nitrogen and oxygen atoms in total. The number of ketones is 1. The number of hydrogen-bond acceptors (Lipinski definition) is 3. The van der Waals surface area contributed by atoms with E-state index in [1.54, 1.807) is 0 Å². The molecule has 0 bridgehead atoms. The number of Topliss-reactive ketones (excluding diaryl/α,β-unsaturated/α-hetero) is 1. The molecule has 1 rings (SSSR count). The summed E-state index contributed by atoms with van der Waals surface area (Å²) in [5, 5.41) is 0. The summed E-state index contributed by atoms with van der Waals surface area (Å²) in [5.41, 5.74) is 7.92. The molecule has 0 atom stereocenters. The van der Waals surface area contributed by atoms with Crippen molar-refractivity contribution in [3.05, 3.63) is 23.8 Å². The lowest BCUT2D eigenvalue weighted by Gasteiger charge is -2.11. The molecule has 0 amide bonds. The van der Waals surface area contributed by atoms with Crippen LogP contribution in [0.25, 0.3) is 0 Å². The van der Waals surface area contributed by atoms with Crippen molar-refractivity contribution in [1.82, 2.24) is 0 Å². The normalized spacial score (nSPS) is 10.7. The molecule has 1 aromatic carbocycles. The Morgan fingerprint density at radius 1 is 1.32 bits per heavy atom. The topological polar surface area (TPSA) is 52.3 Å². The summed E-state index contributed by atoms with van der Waals surface area (Å²) in [7, 11) is 0. The Kier molecular flexibility index (Phi) is 6.40. The van der Waals surface area contributed by atoms with Gasteiger partial charge in [-0.05, 0) is 37.8 Å². The molecule has 0 fully saturated rings. The number of aryl methyl sites for hydroxylation is 1. The second kappa shape index (κ2) is 7.82. The lowest BCUT2D eigenvalue weighted by Crippen LogP contribution is -2.06. The minimum absolute atomic E-state index is 0.145. The van der Waals surface area contributed by atoms with Crippen LogP contribution in [0.5, 0.6) is 5.75 Å². The Morgan fingerprint density at radius 3 is 2.68 bits per heavy atom. The third kappa shape index (κ3) is 4.93. The zero-order valence-electron chi connectivity index (χ0n) is 12.2. The van der Waals surface area contributed by atoms with Gasteiger partial charge in [-0.1, -0.05) is 26.0 Å². The number of para-hydroxylation sites is 1. The number of unbranched alkanes of at least 4 members (excludes halogenated alkanes) is 1. The van der Waals surface area contributed by atoms with Crippen molar-refractivity contribution >= 4 is 11.5 Å². The van der Waals surface area contributed by atoms with Crippen LogP contribution < -0.4 is 10.5 Å². The monoisotopic (exact) mass is 263 g/mol. The fourth-order valence-electron chi connectivity index (χ4n) is 1.99. The average molecular weight is 263 g/mol. The summed E-state index contributed by atoms with van der Waals surface area (Å²) < 4.78 is 5.47. The van der Waals surface area contributed by atoms with Crippen molar-refractivity contribution in [3.8, 4) is 5.75 Å². The lowest BCUT2D eigenvalue weighted by atomic mass is 10.0. The van der Waals surface area contributed by atoms with E-state index >= 15 is 0 Å². The van der Waals surface area contributed by atoms with Crippen molar-refractivity contribution in [3.63, 3.8) is 0 Å². The first kappa shape index (κ1) is 15.5. The van der Waals surface area contributed by atoms with Gasteiger partial charge in [0.2, 0.25) is 0 Å². The first-order chi connectivity index (χ1) is 9.06. The summed E-state index contributed by atoms with van der Waals surface area (Å²) in [4.78, 5) is 11.5. The second-order valence-corrected chi connectivity index (χ2v) is 5.09. The summed E-state index contributed by atoms with van der Waals surface area (Å²) in [6, 6.07) is 5.89. The number of rotatable bonds is 8. The number of hydrogen-bond donors (Lipinski definition) is 1. The van der Waals surface area contributed by atoms with Crippen molar-refractivity contribution in [2.45, 2.75) is 46.5 Å². The highest BCUT2D eigenvalue weighted by atomic mass is 16.5. The molecule has 0 heterocycles. The molecule has 0 aliphatic heterocycles. The van der Waals surface area contributed by atoms with E-state index in [2.05, 4.69) is 0 Å². The molecule has 2 N–H and O–H groups in total. The average Bonchev–Trinajstić information content (AvgIpc) is 2.38. The number of nitrogens with two attached hydrogens (primary N) is 1. The number of nitrogen functional groups attached to an aromatic ring is 1. The largest absolute Gasteiger partial charge is 0.492 e. The molecule has 0 aliphatic rings. The first-order valence-electron chi connectivity index (χ1n) is 7.09. The van der Waals surface area contributed by atoms with Gasteiger partial charge in [-0.25, -0.2) is 0 Å². The minimum atomic E-state index is 0.145. The van der Waals surface area contributed by atoms with Crippen molar-refractivity contribution in [2.75, 3.05) is 12.3 Å². The zero-order chi connectivity index (χ0) is 14.3. The molecular formula is C16H25NO2. The maximum absolute atomic E-state index is 11.5. The fourth-order valence-corrected chi connectivity index (χ4v) is 1.99. The van der Waals surface area contributed by atoms with Gasteiger partial charge in [0.15, 0.2) is 0 Å². The van der Waals surface area contributed by atoms with Gasteiger partial charge in [-0.3, -0.25) is 4.79 Å². The highest BCUT2D eigenvalue weighted by molar-refractivity contribution is 5.80. The molecule has 0 saturated heterocycles. The van der Waals surface area contributed by atoms with Crippen LogP contribution in [0.2, 0.25) is 0 Å². The number of carbonyl (C=O) groups is 1. The first-order valence-corrected chi connectivity index (χ1v) is 7.09. The molecular weight excluding hydrogens is 238 g/mol. The Hall–Kier alpha value is -1.51. The number of ether oxygens (including phenoxy) is 1.